The van der Waals surface area contributed by atoms with Gasteiger partial charge in [0.25, 0.3) is 5.56 Å². The maximum absolute atomic E-state index is 13.2. The second-order valence-electron chi connectivity index (χ2n) is 3.97. The molecule has 0 aliphatic heterocycles. The molecule has 0 radical (unpaired) electrons. The average molecular weight is 265 g/mol. The summed E-state index contributed by atoms with van der Waals surface area (Å²) in [7, 11) is 1.44. The van der Waals surface area contributed by atoms with Gasteiger partial charge in [0.15, 0.2) is 5.56 Å². The molecule has 5 nitrogen and oxygen atoms in total. The van der Waals surface area contributed by atoms with Crippen molar-refractivity contribution in [2.24, 2.45) is 7.05 Å². The minimum absolute atomic E-state index is 0.0720. The molecule has 0 saturated carbocycles. The molecule has 2 rings (SSSR count). The Bertz CT molecular complexity index is 721. The Morgan fingerprint density at radius 1 is 1.47 bits per heavy atom. The highest BCUT2D eigenvalue weighted by molar-refractivity contribution is 5.99. The van der Waals surface area contributed by atoms with Crippen LogP contribution in [0.2, 0.25) is 0 Å². The fraction of sp³-hybridized carbons (Fsp3) is 0.231. The Kier molecular flexibility index (Phi) is 3.25. The van der Waals surface area contributed by atoms with E-state index in [-0.39, 0.29) is 12.0 Å². The number of halogens is 1. The number of fused-ring (bicyclic) bond motifs is 1. The summed E-state index contributed by atoms with van der Waals surface area (Å²) in [6.07, 6.45) is 0. The predicted octanol–water partition coefficient (Wildman–Crippen LogP) is 1.56. The molecule has 1 heterocycles. The average Bonchev–Trinajstić information content (AvgIpc) is 2.36. The van der Waals surface area contributed by atoms with Gasteiger partial charge < -0.3 is 14.4 Å². The number of nitrogens with zero attached hydrogens (tertiary/aromatic N) is 1. The highest BCUT2D eigenvalue weighted by Crippen LogP contribution is 2.27. The zero-order chi connectivity index (χ0) is 14.2. The minimum Gasteiger partial charge on any atom is -0.506 e. The molecule has 100 valence electrons. The summed E-state index contributed by atoms with van der Waals surface area (Å²) < 4.78 is 19.1. The van der Waals surface area contributed by atoms with E-state index in [2.05, 4.69) is 0 Å². The van der Waals surface area contributed by atoms with Gasteiger partial charge in [-0.15, -0.1) is 0 Å². The standard InChI is InChI=1S/C13H12FNO4/c1-3-19-13(18)10-11(16)8-6-7(14)4-5-9(8)15(2)12(10)17/h4-6,16H,3H2,1-2H3. The third kappa shape index (κ3) is 2.05. The number of ether oxygens (including phenoxy) is 1. The van der Waals surface area contributed by atoms with Gasteiger partial charge in [-0.1, -0.05) is 0 Å². The molecule has 0 saturated heterocycles. The zero-order valence-electron chi connectivity index (χ0n) is 10.4. The molecule has 0 bridgehead atoms. The highest BCUT2D eigenvalue weighted by Gasteiger charge is 2.22. The van der Waals surface area contributed by atoms with E-state index in [1.165, 1.54) is 23.7 Å². The van der Waals surface area contributed by atoms with E-state index < -0.39 is 28.7 Å². The molecule has 0 unspecified atom stereocenters. The van der Waals surface area contributed by atoms with E-state index in [1.807, 2.05) is 0 Å². The first kappa shape index (κ1) is 13.1. The molecule has 1 aromatic carbocycles. The number of aromatic hydroxyl groups is 1. The predicted molar refractivity (Wildman–Crippen MR) is 66.8 cm³/mol. The molecule has 0 atom stereocenters. The molecule has 1 aromatic heterocycles. The number of esters is 1. The number of rotatable bonds is 2. The summed E-state index contributed by atoms with van der Waals surface area (Å²) in [5.41, 5.74) is -0.838. The number of carbonyl (C=O) groups excluding carboxylic acids is 1. The van der Waals surface area contributed by atoms with E-state index in [0.29, 0.717) is 5.52 Å². The molecular weight excluding hydrogens is 253 g/mol. The van der Waals surface area contributed by atoms with E-state index in [9.17, 15) is 19.1 Å². The third-order valence-corrected chi connectivity index (χ3v) is 2.81. The Hall–Kier alpha value is -2.37. The number of pyridine rings is 1. The van der Waals surface area contributed by atoms with E-state index in [4.69, 9.17) is 4.74 Å². The fourth-order valence-electron chi connectivity index (χ4n) is 1.89. The molecule has 0 aliphatic carbocycles. The number of hydrogen-bond acceptors (Lipinski definition) is 4. The van der Waals surface area contributed by atoms with Crippen LogP contribution in [0, 0.1) is 5.82 Å². The van der Waals surface area contributed by atoms with Crippen LogP contribution in [0.4, 0.5) is 4.39 Å². The van der Waals surface area contributed by atoms with Gasteiger partial charge in [-0.25, -0.2) is 9.18 Å². The maximum atomic E-state index is 13.2. The van der Waals surface area contributed by atoms with Crippen molar-refractivity contribution in [3.63, 3.8) is 0 Å². The molecule has 0 spiro atoms. The SMILES string of the molecule is CCOC(=O)c1c(O)c2cc(F)ccc2n(C)c1=O. The van der Waals surface area contributed by atoms with Crippen molar-refractivity contribution in [1.29, 1.82) is 0 Å². The monoisotopic (exact) mass is 265 g/mol. The summed E-state index contributed by atoms with van der Waals surface area (Å²) in [5, 5.41) is 10.1. The zero-order valence-corrected chi connectivity index (χ0v) is 10.4. The summed E-state index contributed by atoms with van der Waals surface area (Å²) in [6.45, 7) is 1.66. The van der Waals surface area contributed by atoms with Crippen molar-refractivity contribution in [3.8, 4) is 5.75 Å². The van der Waals surface area contributed by atoms with Crippen LogP contribution in [-0.2, 0) is 11.8 Å². The quantitative estimate of drug-likeness (QED) is 0.837. The molecule has 1 N–H and O–H groups in total. The summed E-state index contributed by atoms with van der Waals surface area (Å²) in [5.74, 6) is -2.06. The van der Waals surface area contributed by atoms with Crippen molar-refractivity contribution in [2.75, 3.05) is 6.61 Å². The lowest BCUT2D eigenvalue weighted by molar-refractivity contribution is 0.0520. The molecular formula is C13H12FNO4. The number of benzene rings is 1. The molecule has 0 fully saturated rings. The third-order valence-electron chi connectivity index (χ3n) is 2.81. The first-order chi connectivity index (χ1) is 8.97. The largest absolute Gasteiger partial charge is 0.506 e. The summed E-state index contributed by atoms with van der Waals surface area (Å²) >= 11 is 0. The molecule has 0 aliphatic rings. The smallest absolute Gasteiger partial charge is 0.347 e. The van der Waals surface area contributed by atoms with Gasteiger partial charge in [0, 0.05) is 12.4 Å². The number of carbonyl (C=O) groups is 1. The first-order valence-electron chi connectivity index (χ1n) is 5.65. The van der Waals surface area contributed by atoms with Gasteiger partial charge in [0.1, 0.15) is 11.6 Å². The Balaban J connectivity index is 2.86. The van der Waals surface area contributed by atoms with Crippen LogP contribution in [0.25, 0.3) is 10.9 Å². The Morgan fingerprint density at radius 2 is 2.16 bits per heavy atom. The van der Waals surface area contributed by atoms with Crippen LogP contribution in [-0.4, -0.2) is 22.2 Å². The van der Waals surface area contributed by atoms with E-state index in [0.717, 1.165) is 6.07 Å². The maximum Gasteiger partial charge on any atom is 0.347 e. The topological polar surface area (TPSA) is 68.5 Å². The van der Waals surface area contributed by atoms with Crippen molar-refractivity contribution in [1.82, 2.24) is 4.57 Å². The first-order valence-corrected chi connectivity index (χ1v) is 5.65. The van der Waals surface area contributed by atoms with Crippen molar-refractivity contribution < 1.29 is 19.0 Å². The molecule has 6 heteroatoms. The summed E-state index contributed by atoms with van der Waals surface area (Å²) in [6, 6.07) is 3.60. The lowest BCUT2D eigenvalue weighted by atomic mass is 10.1. The van der Waals surface area contributed by atoms with Gasteiger partial charge in [0.05, 0.1) is 12.1 Å². The number of hydrogen-bond donors (Lipinski definition) is 1. The van der Waals surface area contributed by atoms with Crippen LogP contribution in [0.3, 0.4) is 0 Å². The van der Waals surface area contributed by atoms with Gasteiger partial charge in [-0.2, -0.15) is 0 Å². The van der Waals surface area contributed by atoms with Crippen molar-refractivity contribution in [3.05, 3.63) is 39.9 Å². The van der Waals surface area contributed by atoms with Crippen LogP contribution >= 0.6 is 0 Å². The number of aryl methyl sites for hydroxylation is 1. The highest BCUT2D eigenvalue weighted by atomic mass is 19.1. The molecule has 19 heavy (non-hydrogen) atoms. The van der Waals surface area contributed by atoms with Gasteiger partial charge in [0.2, 0.25) is 0 Å². The second-order valence-corrected chi connectivity index (χ2v) is 3.97. The normalized spacial score (nSPS) is 10.7. The Morgan fingerprint density at radius 3 is 2.79 bits per heavy atom. The lowest BCUT2D eigenvalue weighted by Gasteiger charge is -2.11. The van der Waals surface area contributed by atoms with Crippen molar-refractivity contribution >= 4 is 16.9 Å². The van der Waals surface area contributed by atoms with Gasteiger partial charge in [-0.05, 0) is 25.1 Å². The van der Waals surface area contributed by atoms with Crippen LogP contribution in [0.1, 0.15) is 17.3 Å². The molecule has 2 aromatic rings. The van der Waals surface area contributed by atoms with Crippen LogP contribution in [0.5, 0.6) is 5.75 Å². The van der Waals surface area contributed by atoms with Gasteiger partial charge >= 0.3 is 5.97 Å². The van der Waals surface area contributed by atoms with E-state index >= 15 is 0 Å². The fourth-order valence-corrected chi connectivity index (χ4v) is 1.89. The Labute approximate surface area is 107 Å². The van der Waals surface area contributed by atoms with Gasteiger partial charge in [-0.3, -0.25) is 4.79 Å². The van der Waals surface area contributed by atoms with Crippen molar-refractivity contribution in [2.45, 2.75) is 6.92 Å². The van der Waals surface area contributed by atoms with Crippen LogP contribution in [0.15, 0.2) is 23.0 Å². The number of aromatic nitrogens is 1. The summed E-state index contributed by atoms with van der Waals surface area (Å²) in [4.78, 5) is 23.7. The molecule has 0 amide bonds. The lowest BCUT2D eigenvalue weighted by Crippen LogP contribution is -2.26. The second kappa shape index (κ2) is 4.72. The van der Waals surface area contributed by atoms with E-state index in [1.54, 1.807) is 6.92 Å². The minimum atomic E-state index is -0.924. The van der Waals surface area contributed by atoms with Crippen LogP contribution < -0.4 is 5.56 Å².